The van der Waals surface area contributed by atoms with Crippen LogP contribution in [-0.2, 0) is 4.79 Å². The Kier molecular flexibility index (Phi) is 7.29. The molecule has 24 heavy (non-hydrogen) atoms. The van der Waals surface area contributed by atoms with Gasteiger partial charge < -0.3 is 5.32 Å². The Balaban J connectivity index is 1.72. The number of nitrogens with one attached hydrogen (secondary N) is 3. The number of carbonyl (C=O) groups excluding carboxylic acids is 2. The number of carbonyl (C=O) groups is 2. The van der Waals surface area contributed by atoms with E-state index in [1.165, 1.54) is 23.1 Å². The van der Waals surface area contributed by atoms with Crippen molar-refractivity contribution >= 4 is 51.6 Å². The number of benzene rings is 1. The first-order valence-electron chi connectivity index (χ1n) is 7.13. The average Bonchev–Trinajstić information content (AvgIpc) is 3.04. The van der Waals surface area contributed by atoms with Crippen LogP contribution in [0, 0.1) is 0 Å². The van der Waals surface area contributed by atoms with Gasteiger partial charge >= 0.3 is 0 Å². The lowest BCUT2D eigenvalue weighted by Gasteiger charge is -2.06. The zero-order valence-electron chi connectivity index (χ0n) is 12.8. The molecule has 0 saturated heterocycles. The molecule has 0 fully saturated rings. The van der Waals surface area contributed by atoms with Crippen LogP contribution in [0.4, 0.5) is 5.13 Å². The predicted molar refractivity (Wildman–Crippen MR) is 96.5 cm³/mol. The van der Waals surface area contributed by atoms with Crippen LogP contribution in [0.5, 0.6) is 0 Å². The Morgan fingerprint density at radius 3 is 2.67 bits per heavy atom. The second-order valence-electron chi connectivity index (χ2n) is 4.60. The van der Waals surface area contributed by atoms with Gasteiger partial charge in [-0.25, -0.2) is 0 Å². The van der Waals surface area contributed by atoms with Crippen LogP contribution in [0.15, 0.2) is 28.6 Å². The number of hydrogen-bond donors (Lipinski definition) is 3. The summed E-state index contributed by atoms with van der Waals surface area (Å²) in [4.78, 5) is 23.6. The van der Waals surface area contributed by atoms with E-state index in [0.717, 1.165) is 18.1 Å². The summed E-state index contributed by atoms with van der Waals surface area (Å²) in [6.07, 6.45) is 0.998. The molecule has 2 aromatic rings. The van der Waals surface area contributed by atoms with Gasteiger partial charge in [-0.3, -0.25) is 20.4 Å². The molecule has 3 N–H and O–H groups in total. The first kappa shape index (κ1) is 18.5. The number of anilines is 1. The molecule has 1 aromatic heterocycles. The van der Waals surface area contributed by atoms with Crippen LogP contribution < -0.4 is 16.2 Å². The number of hydrogen-bond acceptors (Lipinski definition) is 7. The number of halogens is 1. The summed E-state index contributed by atoms with van der Waals surface area (Å²) in [5.74, 6) is -0.615. The maximum absolute atomic E-state index is 11.8. The fraction of sp³-hybridized carbons (Fsp3) is 0.286. The lowest BCUT2D eigenvalue weighted by atomic mass is 10.2. The highest BCUT2D eigenvalue weighted by Gasteiger charge is 2.10. The van der Waals surface area contributed by atoms with Crippen LogP contribution >= 0.6 is 34.7 Å². The molecule has 0 spiro atoms. The number of nitrogens with zero attached hydrogens (tertiary/aromatic N) is 2. The van der Waals surface area contributed by atoms with Gasteiger partial charge in [0.1, 0.15) is 0 Å². The minimum absolute atomic E-state index is 0.128. The van der Waals surface area contributed by atoms with Crippen molar-refractivity contribution in [3.8, 4) is 0 Å². The van der Waals surface area contributed by atoms with E-state index in [0.29, 0.717) is 14.9 Å². The Labute approximate surface area is 152 Å². The Bertz CT molecular complexity index is 693. The molecule has 0 aliphatic rings. The average molecular weight is 386 g/mol. The molecule has 0 radical (unpaired) electrons. The monoisotopic (exact) mass is 385 g/mol. The van der Waals surface area contributed by atoms with Gasteiger partial charge in [0.15, 0.2) is 4.34 Å². The van der Waals surface area contributed by atoms with Crippen LogP contribution in [-0.4, -0.2) is 34.3 Å². The van der Waals surface area contributed by atoms with E-state index < -0.39 is 5.91 Å². The van der Waals surface area contributed by atoms with Gasteiger partial charge in [0.25, 0.3) is 5.91 Å². The van der Waals surface area contributed by atoms with E-state index in [2.05, 4.69) is 33.3 Å². The third kappa shape index (κ3) is 5.99. The molecule has 2 rings (SSSR count). The molecular formula is C14H16ClN5O2S2. The SMILES string of the molecule is CCCNc1nnc(SCC(=O)NNC(=O)c2ccc(Cl)cc2)s1. The van der Waals surface area contributed by atoms with Crippen molar-refractivity contribution in [3.05, 3.63) is 34.9 Å². The third-order valence-corrected chi connectivity index (χ3v) is 4.95. The van der Waals surface area contributed by atoms with Gasteiger partial charge in [-0.2, -0.15) is 0 Å². The molecule has 2 amide bonds. The van der Waals surface area contributed by atoms with Crippen molar-refractivity contribution in [1.82, 2.24) is 21.0 Å². The Morgan fingerprint density at radius 2 is 1.96 bits per heavy atom. The molecule has 7 nitrogen and oxygen atoms in total. The summed E-state index contributed by atoms with van der Waals surface area (Å²) in [5.41, 5.74) is 5.11. The highest BCUT2D eigenvalue weighted by Crippen LogP contribution is 2.25. The maximum atomic E-state index is 11.8. The van der Waals surface area contributed by atoms with Crippen molar-refractivity contribution in [2.75, 3.05) is 17.6 Å². The number of amides is 2. The Hall–Kier alpha value is -1.84. The number of rotatable bonds is 7. The molecule has 1 heterocycles. The molecule has 128 valence electrons. The number of aromatic nitrogens is 2. The van der Waals surface area contributed by atoms with Crippen molar-refractivity contribution in [2.24, 2.45) is 0 Å². The second kappa shape index (κ2) is 9.45. The normalized spacial score (nSPS) is 10.2. The number of thioether (sulfide) groups is 1. The molecule has 0 aliphatic heterocycles. The van der Waals surface area contributed by atoms with Gasteiger partial charge in [0.2, 0.25) is 11.0 Å². The molecule has 0 bridgehead atoms. The first-order valence-corrected chi connectivity index (χ1v) is 9.31. The molecule has 10 heteroatoms. The molecule has 0 aliphatic carbocycles. The summed E-state index contributed by atoms with van der Waals surface area (Å²) < 4.78 is 0.688. The minimum atomic E-state index is -0.410. The van der Waals surface area contributed by atoms with Crippen LogP contribution in [0.25, 0.3) is 0 Å². The van der Waals surface area contributed by atoms with E-state index in [-0.39, 0.29) is 11.7 Å². The largest absolute Gasteiger partial charge is 0.360 e. The van der Waals surface area contributed by atoms with Crippen molar-refractivity contribution in [1.29, 1.82) is 0 Å². The minimum Gasteiger partial charge on any atom is -0.360 e. The fourth-order valence-electron chi connectivity index (χ4n) is 1.53. The molecule has 0 saturated carbocycles. The predicted octanol–water partition coefficient (Wildman–Crippen LogP) is 2.57. The zero-order chi connectivity index (χ0) is 17.4. The second-order valence-corrected chi connectivity index (χ2v) is 7.23. The lowest BCUT2D eigenvalue weighted by molar-refractivity contribution is -0.119. The quantitative estimate of drug-likeness (QED) is 0.500. The molecule has 0 unspecified atom stereocenters. The zero-order valence-corrected chi connectivity index (χ0v) is 15.2. The van der Waals surface area contributed by atoms with Gasteiger partial charge in [-0.1, -0.05) is 41.6 Å². The van der Waals surface area contributed by atoms with Crippen LogP contribution in [0.2, 0.25) is 5.02 Å². The number of hydrazine groups is 1. The van der Waals surface area contributed by atoms with E-state index >= 15 is 0 Å². The van der Waals surface area contributed by atoms with E-state index in [1.54, 1.807) is 24.3 Å². The molecular weight excluding hydrogens is 370 g/mol. The first-order chi connectivity index (χ1) is 11.6. The topological polar surface area (TPSA) is 96.0 Å². The summed E-state index contributed by atoms with van der Waals surface area (Å²) in [5, 5.41) is 12.4. The van der Waals surface area contributed by atoms with Crippen molar-refractivity contribution < 1.29 is 9.59 Å². The summed E-state index contributed by atoms with van der Waals surface area (Å²) in [6, 6.07) is 6.36. The van der Waals surface area contributed by atoms with E-state index in [1.807, 2.05) is 0 Å². The summed E-state index contributed by atoms with van der Waals surface area (Å²) in [6.45, 7) is 2.89. The van der Waals surface area contributed by atoms with Gasteiger partial charge in [-0.05, 0) is 30.7 Å². The summed E-state index contributed by atoms with van der Waals surface area (Å²) >= 11 is 8.40. The van der Waals surface area contributed by atoms with E-state index in [9.17, 15) is 9.59 Å². The lowest BCUT2D eigenvalue weighted by Crippen LogP contribution is -2.42. The molecule has 1 aromatic carbocycles. The van der Waals surface area contributed by atoms with Crippen LogP contribution in [0.3, 0.4) is 0 Å². The van der Waals surface area contributed by atoms with Crippen LogP contribution in [0.1, 0.15) is 23.7 Å². The maximum Gasteiger partial charge on any atom is 0.269 e. The van der Waals surface area contributed by atoms with E-state index in [4.69, 9.17) is 11.6 Å². The van der Waals surface area contributed by atoms with Gasteiger partial charge in [-0.15, -0.1) is 10.2 Å². The van der Waals surface area contributed by atoms with Crippen molar-refractivity contribution in [2.45, 2.75) is 17.7 Å². The highest BCUT2D eigenvalue weighted by molar-refractivity contribution is 8.01. The smallest absolute Gasteiger partial charge is 0.269 e. The Morgan fingerprint density at radius 1 is 1.21 bits per heavy atom. The van der Waals surface area contributed by atoms with Gasteiger partial charge in [0, 0.05) is 17.1 Å². The highest BCUT2D eigenvalue weighted by atomic mass is 35.5. The molecule has 0 atom stereocenters. The fourth-order valence-corrected chi connectivity index (χ4v) is 3.24. The van der Waals surface area contributed by atoms with Gasteiger partial charge in [0.05, 0.1) is 5.75 Å². The standard InChI is InChI=1S/C14H16ClN5O2S2/c1-2-7-16-13-19-20-14(24-13)23-8-11(21)17-18-12(22)9-3-5-10(15)6-4-9/h3-6H,2,7-8H2,1H3,(H,16,19)(H,17,21)(H,18,22). The third-order valence-electron chi connectivity index (χ3n) is 2.68. The van der Waals surface area contributed by atoms with Crippen molar-refractivity contribution in [3.63, 3.8) is 0 Å². The summed E-state index contributed by atoms with van der Waals surface area (Å²) in [7, 11) is 0.